The Morgan fingerprint density at radius 2 is 2.38 bits per heavy atom. The van der Waals surface area contributed by atoms with Gasteiger partial charge in [0, 0.05) is 12.6 Å². The zero-order valence-corrected chi connectivity index (χ0v) is 7.82. The molecule has 0 heterocycles. The fourth-order valence-electron chi connectivity index (χ4n) is 1.19. The van der Waals surface area contributed by atoms with E-state index in [2.05, 4.69) is 0 Å². The van der Waals surface area contributed by atoms with Gasteiger partial charge in [0.1, 0.15) is 0 Å². The van der Waals surface area contributed by atoms with Gasteiger partial charge in [-0.3, -0.25) is 0 Å². The summed E-state index contributed by atoms with van der Waals surface area (Å²) in [4.78, 5) is 13.0. The maximum Gasteiger partial charge on any atom is 0.410 e. The summed E-state index contributed by atoms with van der Waals surface area (Å²) in [7, 11) is 0. The highest BCUT2D eigenvalue weighted by Crippen LogP contribution is 2.27. The number of rotatable bonds is 4. The second-order valence-corrected chi connectivity index (χ2v) is 3.03. The molecule has 0 radical (unpaired) electrons. The molecule has 0 unspecified atom stereocenters. The molecule has 0 bridgehead atoms. The van der Waals surface area contributed by atoms with E-state index in [1.54, 1.807) is 11.8 Å². The quantitative estimate of drug-likeness (QED) is 0.662. The van der Waals surface area contributed by atoms with Crippen LogP contribution in [0.1, 0.15) is 26.2 Å². The van der Waals surface area contributed by atoms with E-state index in [0.29, 0.717) is 25.6 Å². The molecule has 0 aromatic heterocycles. The molecule has 0 N–H and O–H groups in total. The van der Waals surface area contributed by atoms with Crippen LogP contribution >= 0.6 is 0 Å². The molecule has 1 fully saturated rings. The van der Waals surface area contributed by atoms with Crippen molar-refractivity contribution in [2.24, 2.45) is 0 Å². The van der Waals surface area contributed by atoms with Crippen molar-refractivity contribution in [3.63, 3.8) is 0 Å². The molecule has 0 aromatic carbocycles. The van der Waals surface area contributed by atoms with E-state index in [4.69, 9.17) is 10.00 Å². The molecular weight excluding hydrogens is 168 g/mol. The van der Waals surface area contributed by atoms with Crippen LogP contribution in [0.3, 0.4) is 0 Å². The lowest BCUT2D eigenvalue weighted by atomic mass is 10.4. The van der Waals surface area contributed by atoms with E-state index in [-0.39, 0.29) is 6.09 Å². The van der Waals surface area contributed by atoms with Crippen LogP contribution in [0, 0.1) is 11.3 Å². The highest BCUT2D eigenvalue weighted by molar-refractivity contribution is 5.68. The van der Waals surface area contributed by atoms with Crippen molar-refractivity contribution in [1.29, 1.82) is 5.26 Å². The fourth-order valence-corrected chi connectivity index (χ4v) is 1.19. The number of ether oxygens (including phenoxy) is 1. The van der Waals surface area contributed by atoms with Crippen molar-refractivity contribution in [1.82, 2.24) is 4.90 Å². The van der Waals surface area contributed by atoms with Crippen LogP contribution in [0.2, 0.25) is 0 Å². The Morgan fingerprint density at radius 1 is 1.69 bits per heavy atom. The zero-order chi connectivity index (χ0) is 9.68. The van der Waals surface area contributed by atoms with Gasteiger partial charge in [-0.1, -0.05) is 0 Å². The van der Waals surface area contributed by atoms with Gasteiger partial charge in [-0.2, -0.15) is 5.26 Å². The van der Waals surface area contributed by atoms with Crippen molar-refractivity contribution in [3.8, 4) is 6.07 Å². The Kier molecular flexibility index (Phi) is 3.56. The van der Waals surface area contributed by atoms with Gasteiger partial charge in [-0.05, 0) is 19.8 Å². The number of carbonyl (C=O) groups is 1. The minimum Gasteiger partial charge on any atom is -0.450 e. The van der Waals surface area contributed by atoms with Crippen molar-refractivity contribution in [2.75, 3.05) is 13.2 Å². The minimum absolute atomic E-state index is 0.278. The van der Waals surface area contributed by atoms with Crippen LogP contribution < -0.4 is 0 Å². The molecule has 4 heteroatoms. The summed E-state index contributed by atoms with van der Waals surface area (Å²) in [6.45, 7) is 2.68. The van der Waals surface area contributed by atoms with Crippen molar-refractivity contribution in [2.45, 2.75) is 32.2 Å². The molecular formula is C9H14N2O2. The largest absolute Gasteiger partial charge is 0.450 e. The third-order valence-electron chi connectivity index (χ3n) is 1.95. The first kappa shape index (κ1) is 9.85. The van der Waals surface area contributed by atoms with Gasteiger partial charge in [-0.25, -0.2) is 4.79 Å². The lowest BCUT2D eigenvalue weighted by Crippen LogP contribution is -2.34. The third kappa shape index (κ3) is 2.94. The smallest absolute Gasteiger partial charge is 0.410 e. The van der Waals surface area contributed by atoms with E-state index in [0.717, 1.165) is 12.8 Å². The van der Waals surface area contributed by atoms with Crippen molar-refractivity contribution >= 4 is 6.09 Å². The van der Waals surface area contributed by atoms with E-state index >= 15 is 0 Å². The summed E-state index contributed by atoms with van der Waals surface area (Å²) in [5.41, 5.74) is 0. The van der Waals surface area contributed by atoms with Crippen LogP contribution in [-0.4, -0.2) is 30.2 Å². The summed E-state index contributed by atoms with van der Waals surface area (Å²) < 4.78 is 4.88. The maximum atomic E-state index is 11.3. The summed E-state index contributed by atoms with van der Waals surface area (Å²) in [6, 6.07) is 2.35. The van der Waals surface area contributed by atoms with E-state index in [1.807, 2.05) is 6.07 Å². The van der Waals surface area contributed by atoms with Crippen LogP contribution in [0.15, 0.2) is 0 Å². The Hall–Kier alpha value is -1.24. The van der Waals surface area contributed by atoms with Gasteiger partial charge in [0.15, 0.2) is 0 Å². The van der Waals surface area contributed by atoms with Gasteiger partial charge in [0.25, 0.3) is 0 Å². The number of nitriles is 1. The maximum absolute atomic E-state index is 11.3. The highest BCUT2D eigenvalue weighted by atomic mass is 16.6. The van der Waals surface area contributed by atoms with Crippen LogP contribution in [-0.2, 0) is 4.74 Å². The van der Waals surface area contributed by atoms with Gasteiger partial charge in [0.2, 0.25) is 0 Å². The van der Waals surface area contributed by atoms with E-state index in [1.165, 1.54) is 0 Å². The summed E-state index contributed by atoms with van der Waals surface area (Å²) in [6.07, 6.45) is 2.20. The molecule has 0 aromatic rings. The average Bonchev–Trinajstić information content (AvgIpc) is 2.89. The molecule has 1 saturated carbocycles. The monoisotopic (exact) mass is 182 g/mol. The second-order valence-electron chi connectivity index (χ2n) is 3.03. The fraction of sp³-hybridized carbons (Fsp3) is 0.778. The Balaban J connectivity index is 2.37. The van der Waals surface area contributed by atoms with Crippen molar-refractivity contribution < 1.29 is 9.53 Å². The molecule has 0 spiro atoms. The molecule has 0 atom stereocenters. The normalized spacial score (nSPS) is 14.8. The SMILES string of the molecule is CCOC(=O)N(CCC#N)C1CC1. The molecule has 0 saturated heterocycles. The lowest BCUT2D eigenvalue weighted by Gasteiger charge is -2.19. The first-order chi connectivity index (χ1) is 6.29. The standard InChI is InChI=1S/C9H14N2O2/c1-2-13-9(12)11(7-3-6-10)8-4-5-8/h8H,2-5,7H2,1H3. The molecule has 4 nitrogen and oxygen atoms in total. The first-order valence-electron chi connectivity index (χ1n) is 4.60. The second kappa shape index (κ2) is 4.70. The highest BCUT2D eigenvalue weighted by Gasteiger charge is 2.32. The predicted molar refractivity (Wildman–Crippen MR) is 47.0 cm³/mol. The van der Waals surface area contributed by atoms with Crippen molar-refractivity contribution in [3.05, 3.63) is 0 Å². The molecule has 72 valence electrons. The van der Waals surface area contributed by atoms with Crippen LogP contribution in [0.25, 0.3) is 0 Å². The molecule has 0 aliphatic heterocycles. The third-order valence-corrected chi connectivity index (χ3v) is 1.95. The van der Waals surface area contributed by atoms with Gasteiger partial charge >= 0.3 is 6.09 Å². The van der Waals surface area contributed by atoms with Gasteiger partial charge in [0.05, 0.1) is 19.1 Å². The number of hydrogen-bond donors (Lipinski definition) is 0. The topological polar surface area (TPSA) is 53.3 Å². The Bertz CT molecular complexity index is 218. The summed E-state index contributed by atoms with van der Waals surface area (Å²) in [5.74, 6) is 0. The van der Waals surface area contributed by atoms with Crippen LogP contribution in [0.4, 0.5) is 4.79 Å². The Labute approximate surface area is 78.1 Å². The molecule has 1 amide bonds. The van der Waals surface area contributed by atoms with Gasteiger partial charge < -0.3 is 9.64 Å². The molecule has 13 heavy (non-hydrogen) atoms. The first-order valence-corrected chi connectivity index (χ1v) is 4.60. The van der Waals surface area contributed by atoms with E-state index in [9.17, 15) is 4.79 Å². The summed E-state index contributed by atoms with van der Waals surface area (Å²) in [5, 5.41) is 8.40. The lowest BCUT2D eigenvalue weighted by molar-refractivity contribution is 0.105. The van der Waals surface area contributed by atoms with Gasteiger partial charge in [-0.15, -0.1) is 0 Å². The Morgan fingerprint density at radius 3 is 2.85 bits per heavy atom. The van der Waals surface area contributed by atoms with Crippen LogP contribution in [0.5, 0.6) is 0 Å². The number of carbonyl (C=O) groups excluding carboxylic acids is 1. The number of hydrogen-bond acceptors (Lipinski definition) is 3. The number of amides is 1. The predicted octanol–water partition coefficient (Wildman–Crippen LogP) is 1.52. The summed E-state index contributed by atoms with van der Waals surface area (Å²) >= 11 is 0. The minimum atomic E-state index is -0.278. The number of nitrogens with zero attached hydrogens (tertiary/aromatic N) is 2. The zero-order valence-electron chi connectivity index (χ0n) is 7.82. The molecule has 1 aliphatic carbocycles. The molecule has 1 rings (SSSR count). The average molecular weight is 182 g/mol. The molecule has 1 aliphatic rings. The van der Waals surface area contributed by atoms with E-state index < -0.39 is 0 Å².